The second-order valence-corrected chi connectivity index (χ2v) is 6.60. The van der Waals surface area contributed by atoms with Crippen molar-refractivity contribution in [3.05, 3.63) is 29.6 Å². The monoisotopic (exact) mass is 249 g/mol. The topological polar surface area (TPSA) is 12.0 Å². The predicted octanol–water partition coefficient (Wildman–Crippen LogP) is 4.76. The molecule has 18 heavy (non-hydrogen) atoms. The van der Waals surface area contributed by atoms with Crippen molar-refractivity contribution >= 4 is 5.69 Å². The largest absolute Gasteiger partial charge is 0.382 e. The lowest BCUT2D eigenvalue weighted by molar-refractivity contribution is 0.177. The standard InChI is InChI=1S/C16H24FN/c1-11-9-13(5-6-14(11)17)18-15-7-8-16(3,4)10-12(15)2/h5-6,9,12,15,18H,7-8,10H2,1-4H3. The number of hydrogen-bond donors (Lipinski definition) is 1. The molecule has 100 valence electrons. The van der Waals surface area contributed by atoms with E-state index < -0.39 is 0 Å². The molecule has 2 rings (SSSR count). The summed E-state index contributed by atoms with van der Waals surface area (Å²) >= 11 is 0. The van der Waals surface area contributed by atoms with E-state index in [1.807, 2.05) is 19.1 Å². The average molecular weight is 249 g/mol. The van der Waals surface area contributed by atoms with Crippen molar-refractivity contribution in [2.75, 3.05) is 5.32 Å². The second kappa shape index (κ2) is 4.91. The molecule has 0 amide bonds. The molecule has 0 aliphatic heterocycles. The van der Waals surface area contributed by atoms with Crippen LogP contribution < -0.4 is 5.32 Å². The molecule has 2 heteroatoms. The Morgan fingerprint density at radius 1 is 1.33 bits per heavy atom. The van der Waals surface area contributed by atoms with Crippen LogP contribution in [0, 0.1) is 24.1 Å². The smallest absolute Gasteiger partial charge is 0.126 e. The summed E-state index contributed by atoms with van der Waals surface area (Å²) < 4.78 is 13.2. The van der Waals surface area contributed by atoms with E-state index >= 15 is 0 Å². The number of nitrogens with one attached hydrogen (secondary N) is 1. The first kappa shape index (κ1) is 13.4. The van der Waals surface area contributed by atoms with Crippen LogP contribution >= 0.6 is 0 Å². The first-order chi connectivity index (χ1) is 8.37. The Balaban J connectivity index is 2.03. The van der Waals surface area contributed by atoms with Crippen molar-refractivity contribution in [2.24, 2.45) is 11.3 Å². The molecule has 1 nitrogen and oxygen atoms in total. The van der Waals surface area contributed by atoms with Gasteiger partial charge in [-0.1, -0.05) is 20.8 Å². The number of halogens is 1. The van der Waals surface area contributed by atoms with Crippen molar-refractivity contribution < 1.29 is 4.39 Å². The van der Waals surface area contributed by atoms with Crippen molar-refractivity contribution in [3.8, 4) is 0 Å². The van der Waals surface area contributed by atoms with E-state index in [9.17, 15) is 4.39 Å². The van der Waals surface area contributed by atoms with Gasteiger partial charge in [-0.3, -0.25) is 0 Å². The Kier molecular flexibility index (Phi) is 3.65. The summed E-state index contributed by atoms with van der Waals surface area (Å²) in [5.74, 6) is 0.539. The van der Waals surface area contributed by atoms with Gasteiger partial charge < -0.3 is 5.32 Å². The number of rotatable bonds is 2. The lowest BCUT2D eigenvalue weighted by Crippen LogP contribution is -2.36. The molecule has 2 atom stereocenters. The fourth-order valence-electron chi connectivity index (χ4n) is 3.11. The molecule has 0 radical (unpaired) electrons. The molecule has 1 fully saturated rings. The first-order valence-electron chi connectivity index (χ1n) is 6.90. The van der Waals surface area contributed by atoms with Gasteiger partial charge in [-0.05, 0) is 61.3 Å². The third kappa shape index (κ3) is 3.04. The van der Waals surface area contributed by atoms with Gasteiger partial charge in [0.2, 0.25) is 0 Å². The molecule has 1 aromatic carbocycles. The van der Waals surface area contributed by atoms with Crippen molar-refractivity contribution in [1.82, 2.24) is 0 Å². The fraction of sp³-hybridized carbons (Fsp3) is 0.625. The second-order valence-electron chi connectivity index (χ2n) is 6.60. The Morgan fingerprint density at radius 2 is 2.06 bits per heavy atom. The Labute approximate surface area is 110 Å². The lowest BCUT2D eigenvalue weighted by atomic mass is 9.70. The highest BCUT2D eigenvalue weighted by Crippen LogP contribution is 2.39. The van der Waals surface area contributed by atoms with Crippen LogP contribution in [-0.2, 0) is 0 Å². The molecule has 1 aromatic rings. The third-order valence-corrected chi connectivity index (χ3v) is 4.20. The van der Waals surface area contributed by atoms with Gasteiger partial charge in [0.25, 0.3) is 0 Å². The molecule has 1 aliphatic rings. The summed E-state index contributed by atoms with van der Waals surface area (Å²) in [6, 6.07) is 5.81. The van der Waals surface area contributed by atoms with Crippen LogP contribution in [0.2, 0.25) is 0 Å². The fourth-order valence-corrected chi connectivity index (χ4v) is 3.11. The molecule has 1 N–H and O–H groups in total. The summed E-state index contributed by atoms with van der Waals surface area (Å²) in [6.07, 6.45) is 3.71. The van der Waals surface area contributed by atoms with Gasteiger partial charge in [0.05, 0.1) is 0 Å². The summed E-state index contributed by atoms with van der Waals surface area (Å²) in [5, 5.41) is 3.57. The highest BCUT2D eigenvalue weighted by Gasteiger charge is 2.32. The molecule has 0 bridgehead atoms. The van der Waals surface area contributed by atoms with Crippen molar-refractivity contribution in [2.45, 2.75) is 53.0 Å². The molecule has 0 aromatic heterocycles. The van der Waals surface area contributed by atoms with Crippen LogP contribution in [0.25, 0.3) is 0 Å². The quantitative estimate of drug-likeness (QED) is 0.796. The Bertz CT molecular complexity index is 425. The van der Waals surface area contributed by atoms with E-state index in [0.717, 1.165) is 5.69 Å². The summed E-state index contributed by atoms with van der Waals surface area (Å²) in [6.45, 7) is 8.83. The minimum Gasteiger partial charge on any atom is -0.382 e. The van der Waals surface area contributed by atoms with E-state index in [1.54, 1.807) is 6.07 Å². The highest BCUT2D eigenvalue weighted by atomic mass is 19.1. The van der Waals surface area contributed by atoms with Gasteiger partial charge in [0, 0.05) is 11.7 Å². The highest BCUT2D eigenvalue weighted by molar-refractivity contribution is 5.47. The van der Waals surface area contributed by atoms with Crippen molar-refractivity contribution in [1.29, 1.82) is 0 Å². The normalized spacial score (nSPS) is 26.9. The van der Waals surface area contributed by atoms with Gasteiger partial charge >= 0.3 is 0 Å². The van der Waals surface area contributed by atoms with E-state index in [4.69, 9.17) is 0 Å². The van der Waals surface area contributed by atoms with Crippen LogP contribution in [0.3, 0.4) is 0 Å². The zero-order chi connectivity index (χ0) is 13.3. The molecular formula is C16H24FN. The Morgan fingerprint density at radius 3 is 2.67 bits per heavy atom. The van der Waals surface area contributed by atoms with E-state index in [-0.39, 0.29) is 5.82 Å². The number of benzene rings is 1. The maximum Gasteiger partial charge on any atom is 0.126 e. The summed E-state index contributed by atoms with van der Waals surface area (Å²) in [4.78, 5) is 0. The zero-order valence-electron chi connectivity index (χ0n) is 11.9. The van der Waals surface area contributed by atoms with Crippen LogP contribution in [0.15, 0.2) is 18.2 Å². The van der Waals surface area contributed by atoms with Crippen LogP contribution in [0.4, 0.5) is 10.1 Å². The number of aryl methyl sites for hydroxylation is 1. The summed E-state index contributed by atoms with van der Waals surface area (Å²) in [5.41, 5.74) is 2.23. The Hall–Kier alpha value is -1.05. The van der Waals surface area contributed by atoms with E-state index in [2.05, 4.69) is 26.1 Å². The van der Waals surface area contributed by atoms with E-state index in [0.29, 0.717) is 22.9 Å². The SMILES string of the molecule is Cc1cc(NC2CCC(C)(C)CC2C)ccc1F. The zero-order valence-corrected chi connectivity index (χ0v) is 11.9. The molecule has 0 saturated heterocycles. The molecule has 1 saturated carbocycles. The van der Waals surface area contributed by atoms with Crippen molar-refractivity contribution in [3.63, 3.8) is 0 Å². The molecule has 0 spiro atoms. The lowest BCUT2D eigenvalue weighted by Gasteiger charge is -2.40. The molecule has 0 heterocycles. The molecule has 1 aliphatic carbocycles. The molecular weight excluding hydrogens is 225 g/mol. The van der Waals surface area contributed by atoms with Crippen LogP contribution in [-0.4, -0.2) is 6.04 Å². The van der Waals surface area contributed by atoms with Gasteiger partial charge in [-0.25, -0.2) is 4.39 Å². The first-order valence-corrected chi connectivity index (χ1v) is 6.90. The van der Waals surface area contributed by atoms with Gasteiger partial charge in [-0.15, -0.1) is 0 Å². The third-order valence-electron chi connectivity index (χ3n) is 4.20. The van der Waals surface area contributed by atoms with Crippen LogP contribution in [0.5, 0.6) is 0 Å². The maximum absolute atomic E-state index is 13.2. The van der Waals surface area contributed by atoms with E-state index in [1.165, 1.54) is 19.3 Å². The van der Waals surface area contributed by atoms with Gasteiger partial charge in [-0.2, -0.15) is 0 Å². The van der Waals surface area contributed by atoms with Gasteiger partial charge in [0.15, 0.2) is 0 Å². The molecule has 2 unspecified atom stereocenters. The summed E-state index contributed by atoms with van der Waals surface area (Å²) in [7, 11) is 0. The minimum absolute atomic E-state index is 0.127. The maximum atomic E-state index is 13.2. The van der Waals surface area contributed by atoms with Gasteiger partial charge in [0.1, 0.15) is 5.82 Å². The number of anilines is 1. The average Bonchev–Trinajstić information content (AvgIpc) is 2.27. The predicted molar refractivity (Wildman–Crippen MR) is 75.3 cm³/mol. The minimum atomic E-state index is -0.127. The van der Waals surface area contributed by atoms with Crippen LogP contribution in [0.1, 0.15) is 45.6 Å². The number of hydrogen-bond acceptors (Lipinski definition) is 1.